The van der Waals surface area contributed by atoms with Gasteiger partial charge in [-0.05, 0) is 60.2 Å². The lowest BCUT2D eigenvalue weighted by Gasteiger charge is -2.38. The Morgan fingerprint density at radius 3 is 2.04 bits per heavy atom. The number of benzene rings is 2. The van der Waals surface area contributed by atoms with Gasteiger partial charge in [0.2, 0.25) is 0 Å². The van der Waals surface area contributed by atoms with E-state index in [0.717, 1.165) is 17.6 Å². The molecule has 3 heteroatoms. The third-order valence-electron chi connectivity index (χ3n) is 5.44. The Balaban J connectivity index is 1.82. The van der Waals surface area contributed by atoms with Gasteiger partial charge in [0.15, 0.2) is 0 Å². The van der Waals surface area contributed by atoms with Crippen molar-refractivity contribution < 1.29 is 15.3 Å². The number of aromatic hydroxyl groups is 2. The van der Waals surface area contributed by atoms with E-state index in [9.17, 15) is 15.3 Å². The second kappa shape index (κ2) is 7.00. The molecular formula is C23H26O3. The highest BCUT2D eigenvalue weighted by molar-refractivity contribution is 5.44. The molecule has 3 nitrogen and oxygen atoms in total. The first-order valence-electron chi connectivity index (χ1n) is 9.01. The van der Waals surface area contributed by atoms with E-state index in [4.69, 9.17) is 0 Å². The average Bonchev–Trinajstić information content (AvgIpc) is 2.60. The molecule has 0 bridgehead atoms. The number of allylic oxidation sites excluding steroid dienone is 2. The van der Waals surface area contributed by atoms with Gasteiger partial charge in [-0.25, -0.2) is 0 Å². The van der Waals surface area contributed by atoms with E-state index in [-0.39, 0.29) is 17.4 Å². The Hall–Kier alpha value is -2.52. The molecule has 0 amide bonds. The fourth-order valence-corrected chi connectivity index (χ4v) is 3.84. The van der Waals surface area contributed by atoms with Crippen molar-refractivity contribution in [3.63, 3.8) is 0 Å². The van der Waals surface area contributed by atoms with Crippen molar-refractivity contribution in [2.24, 2.45) is 5.92 Å². The minimum Gasteiger partial charge on any atom is -0.508 e. The highest BCUT2D eigenvalue weighted by Gasteiger charge is 2.38. The SMILES string of the molecule is CC1=CC(CC(C)c2ccc(O)cc2)=CC(C)C1(O)c1ccc(O)cc1. The predicted octanol–water partition coefficient (Wildman–Crippen LogP) is 5.00. The minimum atomic E-state index is -1.06. The highest BCUT2D eigenvalue weighted by atomic mass is 16.3. The van der Waals surface area contributed by atoms with Crippen LogP contribution in [0.2, 0.25) is 0 Å². The van der Waals surface area contributed by atoms with E-state index in [0.29, 0.717) is 5.92 Å². The molecule has 3 rings (SSSR count). The van der Waals surface area contributed by atoms with Gasteiger partial charge in [0, 0.05) is 5.92 Å². The number of aliphatic hydroxyl groups is 1. The molecule has 2 aromatic carbocycles. The van der Waals surface area contributed by atoms with Crippen molar-refractivity contribution in [3.05, 3.63) is 83.0 Å². The molecule has 0 spiro atoms. The maximum absolute atomic E-state index is 11.3. The van der Waals surface area contributed by atoms with Crippen LogP contribution in [-0.2, 0) is 5.60 Å². The summed E-state index contributed by atoms with van der Waals surface area (Å²) < 4.78 is 0. The molecule has 1 aliphatic carbocycles. The third-order valence-corrected chi connectivity index (χ3v) is 5.44. The highest BCUT2D eigenvalue weighted by Crippen LogP contribution is 2.43. The predicted molar refractivity (Wildman–Crippen MR) is 104 cm³/mol. The topological polar surface area (TPSA) is 60.7 Å². The molecule has 3 atom stereocenters. The summed E-state index contributed by atoms with van der Waals surface area (Å²) >= 11 is 0. The summed E-state index contributed by atoms with van der Waals surface area (Å²) in [6.07, 6.45) is 5.08. The van der Waals surface area contributed by atoms with E-state index in [1.165, 1.54) is 11.1 Å². The third kappa shape index (κ3) is 3.40. The Labute approximate surface area is 155 Å². The maximum Gasteiger partial charge on any atom is 0.117 e. The van der Waals surface area contributed by atoms with Gasteiger partial charge in [-0.15, -0.1) is 0 Å². The summed E-state index contributed by atoms with van der Waals surface area (Å²) in [5.41, 5.74) is 3.03. The van der Waals surface area contributed by atoms with Crippen molar-refractivity contribution in [1.29, 1.82) is 0 Å². The first kappa shape index (κ1) is 18.3. The summed E-state index contributed by atoms with van der Waals surface area (Å²) in [6.45, 7) is 6.15. The Bertz CT molecular complexity index is 831. The summed E-state index contributed by atoms with van der Waals surface area (Å²) in [4.78, 5) is 0. The molecular weight excluding hydrogens is 324 g/mol. The van der Waals surface area contributed by atoms with E-state index in [1.807, 2.05) is 26.0 Å². The van der Waals surface area contributed by atoms with E-state index < -0.39 is 5.60 Å². The summed E-state index contributed by atoms with van der Waals surface area (Å²) in [5.74, 6) is 0.722. The van der Waals surface area contributed by atoms with Gasteiger partial charge in [0.05, 0.1) is 0 Å². The number of hydrogen-bond donors (Lipinski definition) is 3. The quantitative estimate of drug-likeness (QED) is 0.727. The van der Waals surface area contributed by atoms with Crippen LogP contribution in [0.5, 0.6) is 11.5 Å². The van der Waals surface area contributed by atoms with Crippen LogP contribution >= 0.6 is 0 Å². The van der Waals surface area contributed by atoms with Crippen molar-refractivity contribution in [3.8, 4) is 11.5 Å². The van der Waals surface area contributed by atoms with Crippen LogP contribution in [0.3, 0.4) is 0 Å². The summed E-state index contributed by atoms with van der Waals surface area (Å²) in [7, 11) is 0. The lowest BCUT2D eigenvalue weighted by Crippen LogP contribution is -2.36. The van der Waals surface area contributed by atoms with Gasteiger partial charge in [-0.2, -0.15) is 0 Å². The summed E-state index contributed by atoms with van der Waals surface area (Å²) in [6, 6.07) is 14.1. The molecule has 0 radical (unpaired) electrons. The molecule has 2 aromatic rings. The monoisotopic (exact) mass is 350 g/mol. The van der Waals surface area contributed by atoms with Crippen LogP contribution in [0.1, 0.15) is 44.2 Å². The molecule has 1 aliphatic rings. The van der Waals surface area contributed by atoms with Crippen LogP contribution in [0.15, 0.2) is 71.8 Å². The van der Waals surface area contributed by atoms with Crippen LogP contribution in [-0.4, -0.2) is 15.3 Å². The minimum absolute atomic E-state index is 0.0703. The molecule has 26 heavy (non-hydrogen) atoms. The van der Waals surface area contributed by atoms with E-state index in [1.54, 1.807) is 36.4 Å². The van der Waals surface area contributed by atoms with Gasteiger partial charge >= 0.3 is 0 Å². The lowest BCUT2D eigenvalue weighted by molar-refractivity contribution is 0.0366. The molecule has 0 heterocycles. The second-order valence-electron chi connectivity index (χ2n) is 7.37. The Kier molecular flexibility index (Phi) is 4.92. The van der Waals surface area contributed by atoms with Crippen molar-refractivity contribution in [2.75, 3.05) is 0 Å². The second-order valence-corrected chi connectivity index (χ2v) is 7.37. The van der Waals surface area contributed by atoms with Gasteiger partial charge in [0.25, 0.3) is 0 Å². The standard InChI is InChI=1S/C23H26O3/c1-15(19-4-8-21(24)9-5-19)12-18-13-16(2)23(26,17(3)14-18)20-6-10-22(25)11-7-20/h4-11,13-16,24-26H,12H2,1-3H3. The first-order chi connectivity index (χ1) is 12.3. The first-order valence-corrected chi connectivity index (χ1v) is 9.01. The van der Waals surface area contributed by atoms with E-state index in [2.05, 4.69) is 19.1 Å². The molecule has 136 valence electrons. The average molecular weight is 350 g/mol. The van der Waals surface area contributed by atoms with Crippen molar-refractivity contribution in [1.82, 2.24) is 0 Å². The van der Waals surface area contributed by atoms with Gasteiger partial charge in [0.1, 0.15) is 17.1 Å². The fourth-order valence-electron chi connectivity index (χ4n) is 3.84. The lowest BCUT2D eigenvalue weighted by atomic mass is 9.72. The van der Waals surface area contributed by atoms with E-state index >= 15 is 0 Å². The van der Waals surface area contributed by atoms with Crippen LogP contribution in [0.4, 0.5) is 0 Å². The zero-order valence-electron chi connectivity index (χ0n) is 15.5. The normalized spacial score (nSPS) is 23.9. The van der Waals surface area contributed by atoms with Crippen molar-refractivity contribution in [2.45, 2.75) is 38.7 Å². The zero-order chi connectivity index (χ0) is 18.9. The largest absolute Gasteiger partial charge is 0.508 e. The zero-order valence-corrected chi connectivity index (χ0v) is 15.5. The maximum atomic E-state index is 11.3. The van der Waals surface area contributed by atoms with Crippen LogP contribution in [0.25, 0.3) is 0 Å². The van der Waals surface area contributed by atoms with Gasteiger partial charge < -0.3 is 15.3 Å². The summed E-state index contributed by atoms with van der Waals surface area (Å²) in [5, 5.41) is 30.3. The molecule has 0 saturated heterocycles. The molecule has 0 aromatic heterocycles. The Morgan fingerprint density at radius 2 is 1.50 bits per heavy atom. The molecule has 0 saturated carbocycles. The van der Waals surface area contributed by atoms with Crippen LogP contribution in [0, 0.1) is 5.92 Å². The number of hydrogen-bond acceptors (Lipinski definition) is 3. The molecule has 3 unspecified atom stereocenters. The van der Waals surface area contributed by atoms with Gasteiger partial charge in [-0.1, -0.05) is 55.8 Å². The number of rotatable bonds is 4. The molecule has 0 aliphatic heterocycles. The number of phenols is 2. The van der Waals surface area contributed by atoms with Crippen molar-refractivity contribution >= 4 is 0 Å². The number of phenolic OH excluding ortho intramolecular Hbond substituents is 2. The molecule has 3 N–H and O–H groups in total. The fraction of sp³-hybridized carbons (Fsp3) is 0.304. The Morgan fingerprint density at radius 1 is 0.962 bits per heavy atom. The van der Waals surface area contributed by atoms with Gasteiger partial charge in [-0.3, -0.25) is 0 Å². The van der Waals surface area contributed by atoms with Crippen LogP contribution < -0.4 is 0 Å². The smallest absolute Gasteiger partial charge is 0.117 e. The molecule has 0 fully saturated rings.